The summed E-state index contributed by atoms with van der Waals surface area (Å²) in [7, 11) is 0. The van der Waals surface area contributed by atoms with Gasteiger partial charge in [0.1, 0.15) is 18.1 Å². The first-order chi connectivity index (χ1) is 12.6. The molecule has 3 aromatic carbocycles. The van der Waals surface area contributed by atoms with E-state index in [1.165, 1.54) is 0 Å². The van der Waals surface area contributed by atoms with Crippen molar-refractivity contribution in [3.63, 3.8) is 0 Å². The van der Waals surface area contributed by atoms with Crippen molar-refractivity contribution in [2.45, 2.75) is 6.61 Å². The van der Waals surface area contributed by atoms with Gasteiger partial charge in [-0.05, 0) is 42.0 Å². The number of aromatic carboxylic acids is 1. The van der Waals surface area contributed by atoms with Gasteiger partial charge in [0.05, 0.1) is 11.3 Å². The molecule has 3 rings (SSSR count). The van der Waals surface area contributed by atoms with Crippen LogP contribution in [-0.2, 0) is 6.61 Å². The lowest BCUT2D eigenvalue weighted by atomic mass is 10.1. The first-order valence-electron chi connectivity index (χ1n) is 7.99. The molecule has 0 aliphatic carbocycles. The molecule has 0 saturated heterocycles. The van der Waals surface area contributed by atoms with E-state index in [0.29, 0.717) is 18.0 Å². The Morgan fingerprint density at radius 1 is 1.00 bits per heavy atom. The largest absolute Gasteiger partial charge is 0.508 e. The molecular weight excluding hydrogens is 330 g/mol. The highest BCUT2D eigenvalue weighted by Gasteiger charge is 2.04. The molecule has 0 saturated carbocycles. The third-order valence-corrected chi connectivity index (χ3v) is 3.70. The summed E-state index contributed by atoms with van der Waals surface area (Å²) in [6.07, 6.45) is 1.68. The number of rotatable bonds is 6. The molecule has 0 aromatic heterocycles. The Morgan fingerprint density at radius 3 is 2.50 bits per heavy atom. The van der Waals surface area contributed by atoms with Crippen LogP contribution in [0.2, 0.25) is 0 Å². The lowest BCUT2D eigenvalue weighted by Gasteiger charge is -2.09. The van der Waals surface area contributed by atoms with Gasteiger partial charge in [-0.2, -0.15) is 0 Å². The minimum atomic E-state index is -0.953. The van der Waals surface area contributed by atoms with Crippen molar-refractivity contribution in [3.8, 4) is 11.5 Å². The number of carboxylic acid groups (broad SMARTS) is 1. The van der Waals surface area contributed by atoms with Crippen molar-refractivity contribution in [1.29, 1.82) is 0 Å². The maximum atomic E-state index is 10.9. The zero-order valence-electron chi connectivity index (χ0n) is 13.9. The van der Waals surface area contributed by atoms with Crippen LogP contribution in [0.4, 0.5) is 5.69 Å². The molecule has 0 aliphatic heterocycles. The van der Waals surface area contributed by atoms with Gasteiger partial charge in [-0.15, -0.1) is 0 Å². The third-order valence-electron chi connectivity index (χ3n) is 3.70. The van der Waals surface area contributed by atoms with E-state index >= 15 is 0 Å². The van der Waals surface area contributed by atoms with Gasteiger partial charge in [-0.1, -0.05) is 30.3 Å². The summed E-state index contributed by atoms with van der Waals surface area (Å²) in [5.74, 6) is -0.126. The van der Waals surface area contributed by atoms with Crippen molar-refractivity contribution >= 4 is 17.9 Å². The number of benzene rings is 3. The Hall–Kier alpha value is -3.60. The summed E-state index contributed by atoms with van der Waals surface area (Å²) in [5, 5.41) is 18.4. The summed E-state index contributed by atoms with van der Waals surface area (Å²) in [6, 6.07) is 20.7. The van der Waals surface area contributed by atoms with Crippen LogP contribution in [0.15, 0.2) is 77.8 Å². The molecule has 0 amide bonds. The first-order valence-corrected chi connectivity index (χ1v) is 7.99. The fourth-order valence-corrected chi connectivity index (χ4v) is 2.34. The van der Waals surface area contributed by atoms with Crippen LogP contribution in [0.1, 0.15) is 21.5 Å². The van der Waals surface area contributed by atoms with Gasteiger partial charge in [0, 0.05) is 17.8 Å². The first kappa shape index (κ1) is 17.2. The van der Waals surface area contributed by atoms with Crippen molar-refractivity contribution < 1.29 is 19.7 Å². The van der Waals surface area contributed by atoms with Crippen molar-refractivity contribution in [2.75, 3.05) is 0 Å². The molecule has 0 atom stereocenters. The summed E-state index contributed by atoms with van der Waals surface area (Å²) in [6.45, 7) is 0.316. The van der Waals surface area contributed by atoms with Gasteiger partial charge >= 0.3 is 5.97 Å². The topological polar surface area (TPSA) is 79.1 Å². The van der Waals surface area contributed by atoms with Crippen LogP contribution in [0, 0.1) is 0 Å². The second-order valence-electron chi connectivity index (χ2n) is 5.61. The molecule has 0 radical (unpaired) electrons. The molecule has 0 heterocycles. The van der Waals surface area contributed by atoms with Gasteiger partial charge < -0.3 is 14.9 Å². The van der Waals surface area contributed by atoms with E-state index in [-0.39, 0.29) is 11.3 Å². The predicted molar refractivity (Wildman–Crippen MR) is 99.5 cm³/mol. The SMILES string of the molecule is O=C(O)c1ccc(COc2ccccc2C=Nc2cccc(O)c2)cc1. The fraction of sp³-hybridized carbons (Fsp3) is 0.0476. The van der Waals surface area contributed by atoms with Crippen molar-refractivity contribution in [3.05, 3.63) is 89.5 Å². The monoisotopic (exact) mass is 347 g/mol. The molecule has 26 heavy (non-hydrogen) atoms. The zero-order valence-corrected chi connectivity index (χ0v) is 13.9. The number of phenolic OH excluding ortho intramolecular Hbond substituents is 1. The van der Waals surface area contributed by atoms with Crippen LogP contribution < -0.4 is 4.74 Å². The molecule has 0 unspecified atom stereocenters. The van der Waals surface area contributed by atoms with Crippen LogP contribution in [0.5, 0.6) is 11.5 Å². The zero-order chi connectivity index (χ0) is 18.4. The highest BCUT2D eigenvalue weighted by Crippen LogP contribution is 2.21. The van der Waals surface area contributed by atoms with Gasteiger partial charge in [0.15, 0.2) is 0 Å². The summed E-state index contributed by atoms with van der Waals surface area (Å²) in [4.78, 5) is 15.2. The number of aromatic hydroxyl groups is 1. The molecule has 130 valence electrons. The fourth-order valence-electron chi connectivity index (χ4n) is 2.34. The Morgan fingerprint density at radius 2 is 1.77 bits per heavy atom. The highest BCUT2D eigenvalue weighted by molar-refractivity contribution is 5.87. The smallest absolute Gasteiger partial charge is 0.335 e. The number of hydrogen-bond donors (Lipinski definition) is 2. The highest BCUT2D eigenvalue weighted by atomic mass is 16.5. The maximum absolute atomic E-state index is 10.9. The minimum Gasteiger partial charge on any atom is -0.508 e. The number of para-hydroxylation sites is 1. The van der Waals surface area contributed by atoms with Gasteiger partial charge in [0.2, 0.25) is 0 Å². The van der Waals surface area contributed by atoms with Gasteiger partial charge in [-0.3, -0.25) is 4.99 Å². The maximum Gasteiger partial charge on any atom is 0.335 e. The van der Waals surface area contributed by atoms with E-state index in [9.17, 15) is 9.90 Å². The average molecular weight is 347 g/mol. The summed E-state index contributed by atoms with van der Waals surface area (Å²) < 4.78 is 5.85. The second-order valence-corrected chi connectivity index (χ2v) is 5.61. The van der Waals surface area contributed by atoms with E-state index in [2.05, 4.69) is 4.99 Å². The lowest BCUT2D eigenvalue weighted by molar-refractivity contribution is 0.0697. The van der Waals surface area contributed by atoms with E-state index in [4.69, 9.17) is 9.84 Å². The lowest BCUT2D eigenvalue weighted by Crippen LogP contribution is -2.00. The summed E-state index contributed by atoms with van der Waals surface area (Å²) >= 11 is 0. The Kier molecular flexibility index (Phi) is 5.29. The number of nitrogens with zero attached hydrogens (tertiary/aromatic N) is 1. The van der Waals surface area contributed by atoms with Crippen molar-refractivity contribution in [2.24, 2.45) is 4.99 Å². The normalized spacial score (nSPS) is 10.8. The Balaban J connectivity index is 1.72. The van der Waals surface area contributed by atoms with Crippen LogP contribution >= 0.6 is 0 Å². The number of carbonyl (C=O) groups is 1. The average Bonchev–Trinajstić information content (AvgIpc) is 2.66. The Labute approximate surface area is 150 Å². The summed E-state index contributed by atoms with van der Waals surface area (Å²) in [5.41, 5.74) is 2.56. The number of hydrogen-bond acceptors (Lipinski definition) is 4. The quantitative estimate of drug-likeness (QED) is 0.647. The molecule has 0 spiro atoms. The Bertz CT molecular complexity index is 933. The predicted octanol–water partition coefficient (Wildman–Crippen LogP) is 4.42. The molecule has 0 bridgehead atoms. The molecular formula is C21H17NO4. The molecule has 0 fully saturated rings. The molecule has 5 nitrogen and oxygen atoms in total. The van der Waals surface area contributed by atoms with Crippen LogP contribution in [0.25, 0.3) is 0 Å². The number of ether oxygens (including phenoxy) is 1. The number of aliphatic imine (C=N–C) groups is 1. The van der Waals surface area contributed by atoms with Gasteiger partial charge in [-0.25, -0.2) is 4.79 Å². The molecule has 5 heteroatoms. The van der Waals surface area contributed by atoms with E-state index in [0.717, 1.165) is 11.1 Å². The number of carboxylic acids is 1. The minimum absolute atomic E-state index is 0.161. The number of phenols is 1. The van der Waals surface area contributed by atoms with Crippen LogP contribution in [0.3, 0.4) is 0 Å². The second kappa shape index (κ2) is 7.98. The molecule has 0 aliphatic rings. The van der Waals surface area contributed by atoms with E-state index in [1.54, 1.807) is 54.7 Å². The van der Waals surface area contributed by atoms with E-state index < -0.39 is 5.97 Å². The molecule has 2 N–H and O–H groups in total. The van der Waals surface area contributed by atoms with Crippen molar-refractivity contribution in [1.82, 2.24) is 0 Å². The van der Waals surface area contributed by atoms with Crippen LogP contribution in [-0.4, -0.2) is 22.4 Å². The molecule has 3 aromatic rings. The van der Waals surface area contributed by atoms with Gasteiger partial charge in [0.25, 0.3) is 0 Å². The standard InChI is InChI=1S/C21H17NO4/c23-19-6-3-5-18(12-19)22-13-17-4-1-2-7-20(17)26-14-15-8-10-16(11-9-15)21(24)25/h1-13,23H,14H2,(H,24,25). The third kappa shape index (κ3) is 4.48. The van der Waals surface area contributed by atoms with E-state index in [1.807, 2.05) is 24.3 Å².